The number of carbonyl (C=O) groups excluding carboxylic acids is 1. The highest BCUT2D eigenvalue weighted by Crippen LogP contribution is 2.33. The Morgan fingerprint density at radius 1 is 1.29 bits per heavy atom. The Morgan fingerprint density at radius 3 is 2.71 bits per heavy atom. The van der Waals surface area contributed by atoms with Gasteiger partial charge in [-0.1, -0.05) is 6.07 Å². The number of fused-ring (bicyclic) bond motifs is 1. The quantitative estimate of drug-likeness (QED) is 0.617. The monoisotopic (exact) mass is 400 g/mol. The Balaban J connectivity index is 2.64. The molecule has 0 unspecified atom stereocenters. The summed E-state index contributed by atoms with van der Waals surface area (Å²) in [5.41, 5.74) is 1.17. The number of rotatable bonds is 5. The predicted octanol–water partition coefficient (Wildman–Crippen LogP) is 3.52. The number of hydrogen-bond donors (Lipinski definition) is 1. The van der Waals surface area contributed by atoms with Gasteiger partial charge in [0, 0.05) is 16.1 Å². The molecule has 0 aromatic heterocycles. The number of carbonyl (C=O) groups is 1. The molecule has 0 radical (unpaired) electrons. The Labute approximate surface area is 137 Å². The lowest BCUT2D eigenvalue weighted by atomic mass is 9.97. The van der Waals surface area contributed by atoms with E-state index in [2.05, 4.69) is 22.6 Å². The summed E-state index contributed by atoms with van der Waals surface area (Å²) in [5.74, 6) is -0.530. The van der Waals surface area contributed by atoms with Crippen LogP contribution in [0, 0.1) is 3.57 Å². The SMILES string of the molecule is CCOC(=O)c1cc(CCOC)c2ccc(I)cc2c1O. The molecule has 21 heavy (non-hydrogen) atoms. The molecule has 0 aliphatic heterocycles. The van der Waals surface area contributed by atoms with Gasteiger partial charge < -0.3 is 14.6 Å². The van der Waals surface area contributed by atoms with Crippen molar-refractivity contribution in [2.75, 3.05) is 20.3 Å². The first kappa shape index (κ1) is 16.0. The van der Waals surface area contributed by atoms with Crippen LogP contribution in [0.2, 0.25) is 0 Å². The van der Waals surface area contributed by atoms with Gasteiger partial charge in [0.25, 0.3) is 0 Å². The smallest absolute Gasteiger partial charge is 0.341 e. The van der Waals surface area contributed by atoms with Crippen molar-refractivity contribution >= 4 is 39.3 Å². The van der Waals surface area contributed by atoms with Crippen molar-refractivity contribution in [1.29, 1.82) is 0 Å². The van der Waals surface area contributed by atoms with Crippen molar-refractivity contribution in [1.82, 2.24) is 0 Å². The van der Waals surface area contributed by atoms with Crippen LogP contribution in [0.4, 0.5) is 0 Å². The van der Waals surface area contributed by atoms with Gasteiger partial charge in [0.2, 0.25) is 0 Å². The summed E-state index contributed by atoms with van der Waals surface area (Å²) >= 11 is 2.18. The number of aromatic hydroxyl groups is 1. The molecule has 4 nitrogen and oxygen atoms in total. The molecule has 0 spiro atoms. The van der Waals surface area contributed by atoms with Crippen molar-refractivity contribution in [2.45, 2.75) is 13.3 Å². The van der Waals surface area contributed by atoms with Crippen LogP contribution in [0.25, 0.3) is 10.8 Å². The van der Waals surface area contributed by atoms with Gasteiger partial charge in [0.05, 0.1) is 13.2 Å². The van der Waals surface area contributed by atoms with Gasteiger partial charge in [0.1, 0.15) is 11.3 Å². The summed E-state index contributed by atoms with van der Waals surface area (Å²) in [7, 11) is 1.64. The number of benzene rings is 2. The largest absolute Gasteiger partial charge is 0.506 e. The molecule has 0 fully saturated rings. The van der Waals surface area contributed by atoms with E-state index in [1.807, 2.05) is 18.2 Å². The van der Waals surface area contributed by atoms with Gasteiger partial charge in [-0.05, 0) is 65.1 Å². The molecule has 0 bridgehead atoms. The van der Waals surface area contributed by atoms with E-state index in [1.54, 1.807) is 20.1 Å². The molecule has 2 rings (SSSR count). The van der Waals surface area contributed by atoms with E-state index < -0.39 is 5.97 Å². The van der Waals surface area contributed by atoms with E-state index in [9.17, 15) is 9.90 Å². The standard InChI is InChI=1S/C16H17IO4/c1-3-21-16(19)14-8-10(6-7-20-2)12-5-4-11(17)9-13(12)15(14)18/h4-5,8-9,18H,3,6-7H2,1-2H3. The summed E-state index contributed by atoms with van der Waals surface area (Å²) in [5, 5.41) is 12.0. The van der Waals surface area contributed by atoms with E-state index >= 15 is 0 Å². The van der Waals surface area contributed by atoms with Crippen LogP contribution in [0.15, 0.2) is 24.3 Å². The topological polar surface area (TPSA) is 55.8 Å². The normalized spacial score (nSPS) is 10.8. The van der Waals surface area contributed by atoms with Gasteiger partial charge in [-0.3, -0.25) is 0 Å². The lowest BCUT2D eigenvalue weighted by Gasteiger charge is -2.13. The molecule has 0 aliphatic carbocycles. The average molecular weight is 400 g/mol. The second-order valence-corrected chi connectivity index (χ2v) is 5.83. The van der Waals surface area contributed by atoms with Crippen LogP contribution in [0.5, 0.6) is 5.75 Å². The van der Waals surface area contributed by atoms with Crippen LogP contribution < -0.4 is 0 Å². The minimum absolute atomic E-state index is 0.0249. The average Bonchev–Trinajstić information content (AvgIpc) is 2.47. The van der Waals surface area contributed by atoms with Gasteiger partial charge >= 0.3 is 5.97 Å². The van der Waals surface area contributed by atoms with Gasteiger partial charge in [-0.15, -0.1) is 0 Å². The van der Waals surface area contributed by atoms with E-state index in [1.165, 1.54) is 0 Å². The fourth-order valence-corrected chi connectivity index (χ4v) is 2.73. The number of halogens is 1. The summed E-state index contributed by atoms with van der Waals surface area (Å²) < 4.78 is 11.1. The van der Waals surface area contributed by atoms with Gasteiger partial charge in [-0.25, -0.2) is 4.79 Å². The van der Waals surface area contributed by atoms with Crippen LogP contribution in [0.1, 0.15) is 22.8 Å². The Bertz CT molecular complexity index is 667. The van der Waals surface area contributed by atoms with Crippen LogP contribution in [-0.2, 0) is 15.9 Å². The van der Waals surface area contributed by atoms with Gasteiger partial charge in [0.15, 0.2) is 0 Å². The zero-order valence-electron chi connectivity index (χ0n) is 12.0. The van der Waals surface area contributed by atoms with Crippen LogP contribution >= 0.6 is 22.6 Å². The summed E-state index contributed by atoms with van der Waals surface area (Å²) in [6.07, 6.45) is 0.667. The number of methoxy groups -OCH3 is 1. The summed E-state index contributed by atoms with van der Waals surface area (Å²) in [6, 6.07) is 7.49. The number of phenolic OH excluding ortho intramolecular Hbond substituents is 1. The fraction of sp³-hybridized carbons (Fsp3) is 0.312. The molecule has 2 aromatic rings. The summed E-state index contributed by atoms with van der Waals surface area (Å²) in [4.78, 5) is 12.0. The molecule has 1 N–H and O–H groups in total. The van der Waals surface area contributed by atoms with Crippen LogP contribution in [0.3, 0.4) is 0 Å². The molecule has 0 amide bonds. The third kappa shape index (κ3) is 3.47. The maximum absolute atomic E-state index is 12.0. The number of hydrogen-bond acceptors (Lipinski definition) is 4. The second-order valence-electron chi connectivity index (χ2n) is 4.59. The Hall–Kier alpha value is -1.34. The number of phenols is 1. The van der Waals surface area contributed by atoms with Crippen molar-refractivity contribution in [3.05, 3.63) is 39.0 Å². The highest BCUT2D eigenvalue weighted by atomic mass is 127. The van der Waals surface area contributed by atoms with Crippen molar-refractivity contribution in [3.63, 3.8) is 0 Å². The molecule has 2 aromatic carbocycles. The predicted molar refractivity (Wildman–Crippen MR) is 89.9 cm³/mol. The molecular formula is C16H17IO4. The summed E-state index contributed by atoms with van der Waals surface area (Å²) in [6.45, 7) is 2.56. The molecule has 0 aliphatic rings. The molecule has 5 heteroatoms. The van der Waals surface area contributed by atoms with E-state index in [4.69, 9.17) is 9.47 Å². The zero-order valence-corrected chi connectivity index (χ0v) is 14.1. The van der Waals surface area contributed by atoms with E-state index in [-0.39, 0.29) is 17.9 Å². The van der Waals surface area contributed by atoms with Crippen molar-refractivity contribution in [3.8, 4) is 5.75 Å². The first-order chi connectivity index (χ1) is 10.1. The second kappa shape index (κ2) is 7.09. The molecular weight excluding hydrogens is 383 g/mol. The molecule has 0 saturated carbocycles. The third-order valence-electron chi connectivity index (χ3n) is 3.23. The van der Waals surface area contributed by atoms with E-state index in [0.29, 0.717) is 18.4 Å². The maximum atomic E-state index is 12.0. The first-order valence-electron chi connectivity index (χ1n) is 6.68. The minimum Gasteiger partial charge on any atom is -0.506 e. The highest BCUT2D eigenvalue weighted by Gasteiger charge is 2.18. The zero-order chi connectivity index (χ0) is 15.4. The number of esters is 1. The lowest BCUT2D eigenvalue weighted by Crippen LogP contribution is -2.07. The minimum atomic E-state index is -0.505. The molecule has 0 atom stereocenters. The highest BCUT2D eigenvalue weighted by molar-refractivity contribution is 14.1. The van der Waals surface area contributed by atoms with Crippen molar-refractivity contribution in [2.24, 2.45) is 0 Å². The number of ether oxygens (including phenoxy) is 2. The molecule has 0 saturated heterocycles. The van der Waals surface area contributed by atoms with Crippen LogP contribution in [-0.4, -0.2) is 31.4 Å². The lowest BCUT2D eigenvalue weighted by molar-refractivity contribution is 0.0523. The van der Waals surface area contributed by atoms with Gasteiger partial charge in [-0.2, -0.15) is 0 Å². The molecule has 112 valence electrons. The maximum Gasteiger partial charge on any atom is 0.341 e. The fourth-order valence-electron chi connectivity index (χ4n) is 2.24. The first-order valence-corrected chi connectivity index (χ1v) is 7.76. The third-order valence-corrected chi connectivity index (χ3v) is 3.90. The van der Waals surface area contributed by atoms with Crippen molar-refractivity contribution < 1.29 is 19.4 Å². The Morgan fingerprint density at radius 2 is 2.05 bits per heavy atom. The molecule has 0 heterocycles. The van der Waals surface area contributed by atoms with E-state index in [0.717, 1.165) is 14.5 Å². The Kier molecular flexibility index (Phi) is 5.41.